The van der Waals surface area contributed by atoms with Gasteiger partial charge in [-0.1, -0.05) is 36.4 Å². The van der Waals surface area contributed by atoms with Crippen molar-refractivity contribution in [2.45, 2.75) is 6.92 Å². The van der Waals surface area contributed by atoms with Gasteiger partial charge in [0.1, 0.15) is 11.6 Å². The van der Waals surface area contributed by atoms with Gasteiger partial charge in [-0.3, -0.25) is 10.1 Å². The van der Waals surface area contributed by atoms with Crippen molar-refractivity contribution in [2.75, 3.05) is 5.32 Å². The minimum absolute atomic E-state index is 0.171. The van der Waals surface area contributed by atoms with Gasteiger partial charge in [-0.25, -0.2) is 4.79 Å². The fraction of sp³-hybridized carbons (Fsp3) is 0.0588. The van der Waals surface area contributed by atoms with Crippen LogP contribution in [0.3, 0.4) is 0 Å². The first kappa shape index (κ1) is 16.1. The topological polar surface area (TPSA) is 93.5 Å². The molecule has 0 bridgehead atoms. The number of carbonyl (C=O) groups is 2. The van der Waals surface area contributed by atoms with Gasteiger partial charge in [-0.05, 0) is 31.2 Å². The molecule has 0 unspecified atom stereocenters. The van der Waals surface area contributed by atoms with Crippen LogP contribution in [0.4, 0.5) is 10.5 Å². The minimum Gasteiger partial charge on any atom is -0.410 e. The van der Waals surface area contributed by atoms with Gasteiger partial charge in [-0.15, -0.1) is 0 Å². The molecular weight excluding hydrogens is 294 g/mol. The number of hydrogen-bond donors (Lipinski definition) is 3. The molecule has 2 aromatic rings. The van der Waals surface area contributed by atoms with Gasteiger partial charge in [0, 0.05) is 5.69 Å². The maximum absolute atomic E-state index is 12.0. The molecule has 0 aromatic heterocycles. The predicted molar refractivity (Wildman–Crippen MR) is 87.6 cm³/mol. The quantitative estimate of drug-likeness (QED) is 0.740. The Morgan fingerprint density at radius 3 is 2.09 bits per heavy atom. The van der Waals surface area contributed by atoms with Crippen molar-refractivity contribution >= 4 is 17.7 Å². The van der Waals surface area contributed by atoms with Gasteiger partial charge in [0.25, 0.3) is 0 Å². The molecule has 2 rings (SSSR count). The summed E-state index contributed by atoms with van der Waals surface area (Å²) in [6.07, 6.45) is -0.727. The van der Waals surface area contributed by atoms with Gasteiger partial charge >= 0.3 is 6.09 Å². The summed E-state index contributed by atoms with van der Waals surface area (Å²) < 4.78 is 5.14. The number of primary amides is 1. The summed E-state index contributed by atoms with van der Waals surface area (Å²) in [5.41, 5.74) is 6.17. The van der Waals surface area contributed by atoms with Crippen molar-refractivity contribution in [2.24, 2.45) is 5.73 Å². The molecule has 4 N–H and O–H groups in total. The lowest BCUT2D eigenvalue weighted by Crippen LogP contribution is -2.32. The van der Waals surface area contributed by atoms with Crippen LogP contribution >= 0.6 is 0 Å². The Hall–Kier alpha value is -3.28. The summed E-state index contributed by atoms with van der Waals surface area (Å²) in [4.78, 5) is 23.4. The smallest absolute Gasteiger partial charge is 0.410 e. The Morgan fingerprint density at radius 2 is 1.52 bits per heavy atom. The third-order valence-corrected chi connectivity index (χ3v) is 2.97. The Bertz CT molecular complexity index is 712. The average molecular weight is 311 g/mol. The summed E-state index contributed by atoms with van der Waals surface area (Å²) >= 11 is 0. The van der Waals surface area contributed by atoms with Crippen molar-refractivity contribution < 1.29 is 14.3 Å². The van der Waals surface area contributed by atoms with Crippen molar-refractivity contribution in [1.82, 2.24) is 5.32 Å². The lowest BCUT2D eigenvalue weighted by atomic mass is 10.2. The Morgan fingerprint density at radius 1 is 0.957 bits per heavy atom. The lowest BCUT2D eigenvalue weighted by Gasteiger charge is -2.14. The molecule has 0 radical (unpaired) electrons. The van der Waals surface area contributed by atoms with Crippen LogP contribution in [0.15, 0.2) is 72.1 Å². The number of nitrogens with one attached hydrogen (secondary N) is 2. The number of nitrogens with two attached hydrogens (primary N) is 1. The lowest BCUT2D eigenvalue weighted by molar-refractivity contribution is -0.114. The van der Waals surface area contributed by atoms with Gasteiger partial charge in [-0.2, -0.15) is 0 Å². The Labute approximate surface area is 133 Å². The first-order valence-electron chi connectivity index (χ1n) is 6.93. The van der Waals surface area contributed by atoms with Crippen LogP contribution in [0.1, 0.15) is 6.92 Å². The van der Waals surface area contributed by atoms with Crippen molar-refractivity contribution in [3.8, 4) is 5.75 Å². The molecule has 6 heteroatoms. The van der Waals surface area contributed by atoms with Crippen LogP contribution in [0.2, 0.25) is 0 Å². The highest BCUT2D eigenvalue weighted by Crippen LogP contribution is 2.12. The summed E-state index contributed by atoms with van der Waals surface area (Å²) in [5, 5.41) is 5.45. The minimum atomic E-state index is -0.727. The molecule has 0 saturated heterocycles. The van der Waals surface area contributed by atoms with Crippen LogP contribution < -0.4 is 21.1 Å². The number of amides is 2. The molecule has 0 fully saturated rings. The fourth-order valence-corrected chi connectivity index (χ4v) is 1.73. The Balaban J connectivity index is 2.13. The molecule has 0 spiro atoms. The molecule has 0 atom stereocenters. The van der Waals surface area contributed by atoms with E-state index in [-0.39, 0.29) is 11.4 Å². The summed E-state index contributed by atoms with van der Waals surface area (Å²) in [7, 11) is 0. The zero-order chi connectivity index (χ0) is 16.7. The highest BCUT2D eigenvalue weighted by molar-refractivity contribution is 5.93. The maximum Gasteiger partial charge on any atom is 0.418 e. The van der Waals surface area contributed by atoms with E-state index in [1.807, 2.05) is 24.3 Å². The normalized spacial score (nSPS) is 11.2. The molecule has 0 heterocycles. The van der Waals surface area contributed by atoms with Crippen LogP contribution in [-0.4, -0.2) is 12.0 Å². The van der Waals surface area contributed by atoms with E-state index in [0.717, 1.165) is 0 Å². The summed E-state index contributed by atoms with van der Waals surface area (Å²) in [6.45, 7) is 1.51. The van der Waals surface area contributed by atoms with Crippen LogP contribution in [0, 0.1) is 0 Å². The molecule has 0 saturated carbocycles. The first-order chi connectivity index (χ1) is 11.1. The second kappa shape index (κ2) is 7.65. The molecule has 2 amide bonds. The van der Waals surface area contributed by atoms with E-state index in [9.17, 15) is 9.59 Å². The monoisotopic (exact) mass is 311 g/mol. The molecule has 0 aliphatic rings. The van der Waals surface area contributed by atoms with Crippen LogP contribution in [0.5, 0.6) is 5.75 Å². The highest BCUT2D eigenvalue weighted by Gasteiger charge is 2.13. The number of carbonyl (C=O) groups excluding carboxylic acids is 2. The number of para-hydroxylation sites is 2. The third-order valence-electron chi connectivity index (χ3n) is 2.97. The number of rotatable bonds is 5. The summed E-state index contributed by atoms with van der Waals surface area (Å²) in [6, 6.07) is 17.7. The maximum atomic E-state index is 12.0. The average Bonchev–Trinajstić information content (AvgIpc) is 2.55. The zero-order valence-corrected chi connectivity index (χ0v) is 12.6. The second-order valence-electron chi connectivity index (χ2n) is 4.68. The van der Waals surface area contributed by atoms with Crippen LogP contribution in [-0.2, 0) is 4.79 Å². The first-order valence-corrected chi connectivity index (χ1v) is 6.93. The molecular formula is C17H17N3O3. The van der Waals surface area contributed by atoms with E-state index in [1.54, 1.807) is 36.4 Å². The molecule has 0 aliphatic carbocycles. The predicted octanol–water partition coefficient (Wildman–Crippen LogP) is 2.60. The zero-order valence-electron chi connectivity index (χ0n) is 12.6. The summed E-state index contributed by atoms with van der Waals surface area (Å²) in [5.74, 6) is -0.0890. The van der Waals surface area contributed by atoms with E-state index < -0.39 is 12.0 Å². The number of hydrogen-bond acceptors (Lipinski definition) is 4. The van der Waals surface area contributed by atoms with E-state index in [2.05, 4.69) is 10.6 Å². The molecule has 6 nitrogen and oxygen atoms in total. The van der Waals surface area contributed by atoms with Crippen molar-refractivity contribution in [3.63, 3.8) is 0 Å². The van der Waals surface area contributed by atoms with E-state index >= 15 is 0 Å². The van der Waals surface area contributed by atoms with Gasteiger partial charge < -0.3 is 15.8 Å². The molecule has 118 valence electrons. The van der Waals surface area contributed by atoms with Gasteiger partial charge in [0.2, 0.25) is 5.91 Å². The fourth-order valence-electron chi connectivity index (χ4n) is 1.73. The number of anilines is 1. The second-order valence-corrected chi connectivity index (χ2v) is 4.68. The molecule has 0 aliphatic heterocycles. The van der Waals surface area contributed by atoms with Gasteiger partial charge in [0.15, 0.2) is 0 Å². The number of ether oxygens (including phenoxy) is 1. The molecule has 2 aromatic carbocycles. The van der Waals surface area contributed by atoms with Gasteiger partial charge in [0.05, 0.1) is 5.57 Å². The van der Waals surface area contributed by atoms with Crippen molar-refractivity contribution in [3.05, 3.63) is 72.1 Å². The Kier molecular flexibility index (Phi) is 5.35. The van der Waals surface area contributed by atoms with Crippen molar-refractivity contribution in [1.29, 1.82) is 0 Å². The van der Waals surface area contributed by atoms with E-state index in [0.29, 0.717) is 11.4 Å². The number of benzene rings is 2. The van der Waals surface area contributed by atoms with E-state index in [4.69, 9.17) is 10.5 Å². The van der Waals surface area contributed by atoms with Crippen LogP contribution in [0.25, 0.3) is 0 Å². The van der Waals surface area contributed by atoms with E-state index in [1.165, 1.54) is 6.92 Å². The highest BCUT2D eigenvalue weighted by atomic mass is 16.6. The molecule has 23 heavy (non-hydrogen) atoms. The third kappa shape index (κ3) is 4.89. The standard InChI is InChI=1S/C17H17N3O3/c1-12(15(18)21)16(19-13-8-4-2-5-9-13)20-17(22)23-14-10-6-3-7-11-14/h2-11,19H,1H3,(H2,18,21)(H,20,22)/b16-12+. The SMILES string of the molecule is C/C(C(N)=O)=C(\NC(=O)Oc1ccccc1)Nc1ccccc1. The largest absolute Gasteiger partial charge is 0.418 e.